The van der Waals surface area contributed by atoms with E-state index in [1.165, 1.54) is 37.7 Å². The summed E-state index contributed by atoms with van der Waals surface area (Å²) >= 11 is 0. The first kappa shape index (κ1) is 16.7. The molecule has 0 radical (unpaired) electrons. The fourth-order valence-electron chi connectivity index (χ4n) is 7.70. The number of nitrogens with zero attached hydrogens (tertiary/aromatic N) is 1. The van der Waals surface area contributed by atoms with Crippen molar-refractivity contribution in [3.8, 4) is 0 Å². The molecule has 0 aromatic carbocycles. The summed E-state index contributed by atoms with van der Waals surface area (Å²) in [5.74, 6) is 3.24. The van der Waals surface area contributed by atoms with E-state index in [4.69, 9.17) is 0 Å². The number of carbonyl (C=O) groups excluding carboxylic acids is 1. The first-order chi connectivity index (χ1) is 12.5. The van der Waals surface area contributed by atoms with Crippen molar-refractivity contribution >= 4 is 11.4 Å². The molecule has 3 saturated carbocycles. The molecule has 138 valence electrons. The van der Waals surface area contributed by atoms with E-state index in [1.54, 1.807) is 5.57 Å². The zero-order chi connectivity index (χ0) is 17.9. The Morgan fingerprint density at radius 2 is 2.00 bits per heavy atom. The van der Waals surface area contributed by atoms with Crippen LogP contribution in [0.4, 0.5) is 0 Å². The molecule has 1 aromatic heterocycles. The lowest BCUT2D eigenvalue weighted by Crippen LogP contribution is -2.54. The smallest absolute Gasteiger partial charge is 0.136 e. The highest BCUT2D eigenvalue weighted by molar-refractivity contribution is 5.83. The Morgan fingerprint density at radius 3 is 2.81 bits per heavy atom. The van der Waals surface area contributed by atoms with Crippen LogP contribution in [0.2, 0.25) is 0 Å². The zero-order valence-corrected chi connectivity index (χ0v) is 16.2. The van der Waals surface area contributed by atoms with Crippen LogP contribution in [0, 0.1) is 34.5 Å². The SMILES string of the molecule is C[C@]12CCCC(=O)C1CCC1C2CC[C@]2(C)C(c3cccnc3)=CCC12. The van der Waals surface area contributed by atoms with Crippen LogP contribution in [-0.4, -0.2) is 10.8 Å². The van der Waals surface area contributed by atoms with Gasteiger partial charge < -0.3 is 0 Å². The number of pyridine rings is 1. The largest absolute Gasteiger partial charge is 0.299 e. The van der Waals surface area contributed by atoms with Gasteiger partial charge in [-0.1, -0.05) is 26.0 Å². The fraction of sp³-hybridized carbons (Fsp3) is 0.667. The maximum absolute atomic E-state index is 12.6. The number of ketones is 1. The van der Waals surface area contributed by atoms with Gasteiger partial charge >= 0.3 is 0 Å². The molecule has 4 aliphatic rings. The van der Waals surface area contributed by atoms with Crippen LogP contribution < -0.4 is 0 Å². The summed E-state index contributed by atoms with van der Waals surface area (Å²) in [6.07, 6.45) is 15.9. The van der Waals surface area contributed by atoms with Gasteiger partial charge in [-0.25, -0.2) is 0 Å². The summed E-state index contributed by atoms with van der Waals surface area (Å²) in [5.41, 5.74) is 3.44. The van der Waals surface area contributed by atoms with Crippen LogP contribution in [0.15, 0.2) is 30.6 Å². The number of aromatic nitrogens is 1. The molecule has 1 heterocycles. The highest BCUT2D eigenvalue weighted by Gasteiger charge is 2.59. The van der Waals surface area contributed by atoms with Gasteiger partial charge in [0.15, 0.2) is 0 Å². The second kappa shape index (κ2) is 5.78. The molecule has 0 bridgehead atoms. The molecular formula is C24H31NO. The summed E-state index contributed by atoms with van der Waals surface area (Å²) in [4.78, 5) is 17.0. The number of allylic oxidation sites excluding steroid dienone is 2. The van der Waals surface area contributed by atoms with E-state index in [-0.39, 0.29) is 5.41 Å². The summed E-state index contributed by atoms with van der Waals surface area (Å²) in [7, 11) is 0. The van der Waals surface area contributed by atoms with Crippen molar-refractivity contribution in [2.45, 2.75) is 65.2 Å². The minimum atomic E-state index is 0.274. The van der Waals surface area contributed by atoms with Crippen LogP contribution in [0.1, 0.15) is 70.8 Å². The predicted molar refractivity (Wildman–Crippen MR) is 104 cm³/mol. The standard InChI is InChI=1S/C24H31NO/c1-23-12-3-6-22(26)21(23)8-7-17-19-10-9-18(16-5-4-14-25-15-16)24(19,2)13-11-20(17)23/h4-5,9,14-15,17,19-21H,3,6-8,10-13H2,1-2H3/t17?,19?,20?,21?,23-,24-/m1/s1. The molecule has 2 nitrogen and oxygen atoms in total. The quantitative estimate of drug-likeness (QED) is 0.652. The van der Waals surface area contributed by atoms with Crippen molar-refractivity contribution < 1.29 is 4.79 Å². The third kappa shape index (κ3) is 2.17. The number of hydrogen-bond donors (Lipinski definition) is 0. The Kier molecular flexibility index (Phi) is 3.71. The summed E-state index contributed by atoms with van der Waals surface area (Å²) in [5, 5.41) is 0. The van der Waals surface area contributed by atoms with Crippen molar-refractivity contribution in [1.82, 2.24) is 4.98 Å². The van der Waals surface area contributed by atoms with Crippen LogP contribution in [0.5, 0.6) is 0 Å². The van der Waals surface area contributed by atoms with E-state index >= 15 is 0 Å². The Morgan fingerprint density at radius 1 is 1.12 bits per heavy atom. The van der Waals surface area contributed by atoms with Crippen LogP contribution >= 0.6 is 0 Å². The molecule has 5 rings (SSSR count). The van der Waals surface area contributed by atoms with Gasteiger partial charge in [-0.3, -0.25) is 9.78 Å². The third-order valence-electron chi connectivity index (χ3n) is 8.95. The van der Waals surface area contributed by atoms with E-state index in [2.05, 4.69) is 37.0 Å². The number of rotatable bonds is 1. The highest BCUT2D eigenvalue weighted by Crippen LogP contribution is 2.67. The van der Waals surface area contributed by atoms with Crippen LogP contribution in [0.3, 0.4) is 0 Å². The Hall–Kier alpha value is -1.44. The van der Waals surface area contributed by atoms with Crippen LogP contribution in [0.25, 0.3) is 5.57 Å². The maximum Gasteiger partial charge on any atom is 0.136 e. The molecule has 0 spiro atoms. The topological polar surface area (TPSA) is 30.0 Å². The molecule has 3 fully saturated rings. The van der Waals surface area contributed by atoms with E-state index in [1.807, 2.05) is 12.4 Å². The van der Waals surface area contributed by atoms with Gasteiger partial charge in [0.2, 0.25) is 0 Å². The summed E-state index contributed by atoms with van der Waals surface area (Å²) in [6.45, 7) is 4.98. The van der Waals surface area contributed by atoms with Gasteiger partial charge in [0.25, 0.3) is 0 Å². The van der Waals surface area contributed by atoms with Crippen molar-refractivity contribution in [2.24, 2.45) is 34.5 Å². The number of carbonyl (C=O) groups is 1. The van der Waals surface area contributed by atoms with Gasteiger partial charge in [0.1, 0.15) is 5.78 Å². The van der Waals surface area contributed by atoms with E-state index in [0.717, 1.165) is 37.0 Å². The third-order valence-corrected chi connectivity index (χ3v) is 8.95. The minimum Gasteiger partial charge on any atom is -0.299 e. The van der Waals surface area contributed by atoms with Gasteiger partial charge in [0, 0.05) is 24.7 Å². The van der Waals surface area contributed by atoms with Crippen LogP contribution in [-0.2, 0) is 4.79 Å². The molecular weight excluding hydrogens is 318 g/mol. The highest BCUT2D eigenvalue weighted by atomic mass is 16.1. The van der Waals surface area contributed by atoms with Gasteiger partial charge in [-0.15, -0.1) is 0 Å². The van der Waals surface area contributed by atoms with E-state index < -0.39 is 0 Å². The molecule has 4 unspecified atom stereocenters. The molecule has 1 aromatic rings. The monoisotopic (exact) mass is 349 g/mol. The molecule has 0 N–H and O–H groups in total. The van der Waals surface area contributed by atoms with Gasteiger partial charge in [-0.05, 0) is 90.7 Å². The minimum absolute atomic E-state index is 0.274. The van der Waals surface area contributed by atoms with Crippen molar-refractivity contribution in [2.75, 3.05) is 0 Å². The Labute approximate surface area is 157 Å². The normalized spacial score (nSPS) is 44.7. The van der Waals surface area contributed by atoms with E-state index in [0.29, 0.717) is 17.1 Å². The van der Waals surface area contributed by atoms with E-state index in [9.17, 15) is 4.79 Å². The average molecular weight is 350 g/mol. The molecule has 0 amide bonds. The molecule has 0 saturated heterocycles. The van der Waals surface area contributed by atoms with Gasteiger partial charge in [0.05, 0.1) is 0 Å². The predicted octanol–water partition coefficient (Wildman–Crippen LogP) is 5.69. The first-order valence-corrected chi connectivity index (χ1v) is 10.7. The van der Waals surface area contributed by atoms with Gasteiger partial charge in [-0.2, -0.15) is 0 Å². The number of fused-ring (bicyclic) bond motifs is 5. The lowest BCUT2D eigenvalue weighted by atomic mass is 9.44. The average Bonchev–Trinajstić information content (AvgIpc) is 2.99. The lowest BCUT2D eigenvalue weighted by Gasteiger charge is -2.59. The molecule has 26 heavy (non-hydrogen) atoms. The van der Waals surface area contributed by atoms with Crippen molar-refractivity contribution in [3.05, 3.63) is 36.2 Å². The number of Topliss-reactive ketones (excluding diaryl/α,β-unsaturated/α-hetero) is 1. The molecule has 6 atom stereocenters. The second-order valence-corrected chi connectivity index (χ2v) is 9.88. The Balaban J connectivity index is 1.47. The first-order valence-electron chi connectivity index (χ1n) is 10.7. The number of hydrogen-bond acceptors (Lipinski definition) is 2. The molecule has 0 aliphatic heterocycles. The Bertz CT molecular complexity index is 753. The molecule has 4 aliphatic carbocycles. The van der Waals surface area contributed by atoms with Crippen molar-refractivity contribution in [3.63, 3.8) is 0 Å². The zero-order valence-electron chi connectivity index (χ0n) is 16.2. The lowest BCUT2D eigenvalue weighted by molar-refractivity contribution is -0.145. The second-order valence-electron chi connectivity index (χ2n) is 9.88. The molecule has 2 heteroatoms. The maximum atomic E-state index is 12.6. The fourth-order valence-corrected chi connectivity index (χ4v) is 7.70. The van der Waals surface area contributed by atoms with Crippen molar-refractivity contribution in [1.29, 1.82) is 0 Å². The summed E-state index contributed by atoms with van der Waals surface area (Å²) < 4.78 is 0. The summed E-state index contributed by atoms with van der Waals surface area (Å²) in [6, 6.07) is 4.30.